The second-order valence-corrected chi connectivity index (χ2v) is 8.43. The van der Waals surface area contributed by atoms with Crippen LogP contribution < -0.4 is 14.4 Å². The Balaban J connectivity index is 0.000000201. The van der Waals surface area contributed by atoms with E-state index in [9.17, 15) is 9.59 Å². The number of hydrogen-bond donors (Lipinski definition) is 0. The van der Waals surface area contributed by atoms with Gasteiger partial charge in [0, 0.05) is 43.2 Å². The predicted molar refractivity (Wildman–Crippen MR) is 130 cm³/mol. The maximum Gasteiger partial charge on any atom is 0.230 e. The average Bonchev–Trinajstić information content (AvgIpc) is 3.59. The summed E-state index contributed by atoms with van der Waals surface area (Å²) in [5, 5.41) is 4.07. The molecule has 2 fully saturated rings. The van der Waals surface area contributed by atoms with Crippen LogP contribution in [-0.4, -0.2) is 61.2 Å². The number of hydrogen-bond acceptors (Lipinski definition) is 7. The number of para-hydroxylation sites is 1. The maximum atomic E-state index is 11.3. The van der Waals surface area contributed by atoms with Crippen molar-refractivity contribution in [3.05, 3.63) is 54.4 Å². The molecule has 184 valence electrons. The van der Waals surface area contributed by atoms with Gasteiger partial charge in [-0.3, -0.25) is 9.59 Å². The number of methoxy groups -OCH3 is 2. The number of carbonyl (C=O) groups is 2. The fraction of sp³-hybridized carbons (Fsp3) is 0.385. The molecule has 35 heavy (non-hydrogen) atoms. The van der Waals surface area contributed by atoms with Gasteiger partial charge in [-0.25, -0.2) is 0 Å². The molecule has 0 unspecified atom stereocenters. The van der Waals surface area contributed by atoms with Gasteiger partial charge in [-0.1, -0.05) is 23.4 Å². The Morgan fingerprint density at radius 1 is 1.00 bits per heavy atom. The van der Waals surface area contributed by atoms with Gasteiger partial charge < -0.3 is 23.8 Å². The molecule has 2 aliphatic rings. The normalized spacial score (nSPS) is 16.0. The minimum atomic E-state index is 0.201. The molecule has 9 nitrogen and oxygen atoms in total. The van der Waals surface area contributed by atoms with Crippen molar-refractivity contribution >= 4 is 18.0 Å². The number of amides is 2. The van der Waals surface area contributed by atoms with Crippen LogP contribution in [0.15, 0.2) is 53.1 Å². The summed E-state index contributed by atoms with van der Waals surface area (Å²) in [5.41, 5.74) is 1.84. The van der Waals surface area contributed by atoms with Crippen molar-refractivity contribution in [3.8, 4) is 22.9 Å². The first-order chi connectivity index (χ1) is 17.1. The summed E-state index contributed by atoms with van der Waals surface area (Å²) >= 11 is 0. The molecular formula is C26H30N4O5. The molecule has 0 atom stereocenters. The van der Waals surface area contributed by atoms with Crippen molar-refractivity contribution in [3.63, 3.8) is 0 Å². The van der Waals surface area contributed by atoms with E-state index in [4.69, 9.17) is 14.0 Å². The van der Waals surface area contributed by atoms with Crippen molar-refractivity contribution in [2.24, 2.45) is 0 Å². The number of nitrogens with zero attached hydrogens (tertiary/aromatic N) is 4. The third-order valence-corrected chi connectivity index (χ3v) is 6.25. The summed E-state index contributed by atoms with van der Waals surface area (Å²) in [5.74, 6) is 2.88. The van der Waals surface area contributed by atoms with E-state index < -0.39 is 0 Å². The zero-order chi connectivity index (χ0) is 24.6. The third kappa shape index (κ3) is 5.79. The molecule has 0 N–H and O–H groups in total. The Kier molecular flexibility index (Phi) is 7.97. The van der Waals surface area contributed by atoms with Crippen LogP contribution in [0.5, 0.6) is 11.5 Å². The Hall–Kier alpha value is -3.88. The van der Waals surface area contributed by atoms with Crippen LogP contribution in [-0.2, 0) is 9.59 Å². The topological polar surface area (TPSA) is 98.0 Å². The standard InChI is InChI=1S/C16H19N3O4.C10H11NO/c1-21-13-4-3-12(9-14(13)22-2)15-17-16(23-18-15)11-5-7-19(10-20)8-6-11;12-10-7-4-8-11(10)9-5-2-1-3-6-9/h3-4,9-11H,5-8H2,1-2H3;1-3,5-6H,4,7-8H2. The molecule has 9 heteroatoms. The van der Waals surface area contributed by atoms with Gasteiger partial charge in [0.1, 0.15) is 0 Å². The molecule has 2 aromatic carbocycles. The number of benzene rings is 2. The highest BCUT2D eigenvalue weighted by molar-refractivity contribution is 5.95. The second kappa shape index (κ2) is 11.5. The summed E-state index contributed by atoms with van der Waals surface area (Å²) in [6.45, 7) is 2.33. The molecule has 0 spiro atoms. The fourth-order valence-electron chi connectivity index (χ4n) is 4.27. The first kappa shape index (κ1) is 24.3. The van der Waals surface area contributed by atoms with Gasteiger partial charge in [-0.05, 0) is 49.6 Å². The van der Waals surface area contributed by atoms with Crippen LogP contribution in [0.2, 0.25) is 0 Å². The van der Waals surface area contributed by atoms with Gasteiger partial charge in [0.25, 0.3) is 0 Å². The molecular weight excluding hydrogens is 448 g/mol. The minimum Gasteiger partial charge on any atom is -0.493 e. The van der Waals surface area contributed by atoms with Crippen LogP contribution in [0.1, 0.15) is 37.5 Å². The molecule has 1 aromatic heterocycles. The van der Waals surface area contributed by atoms with E-state index in [2.05, 4.69) is 10.1 Å². The smallest absolute Gasteiger partial charge is 0.230 e. The molecule has 2 aliphatic heterocycles. The SMILES string of the molecule is COc1ccc(-c2noc(C3CCN(C=O)CC3)n2)cc1OC.O=C1CCCN1c1ccccc1. The molecule has 2 saturated heterocycles. The van der Waals surface area contributed by atoms with E-state index in [1.807, 2.05) is 53.4 Å². The van der Waals surface area contributed by atoms with Crippen LogP contribution in [0, 0.1) is 0 Å². The average molecular weight is 479 g/mol. The number of ether oxygens (including phenoxy) is 2. The lowest BCUT2D eigenvalue weighted by Gasteiger charge is -2.26. The number of piperidine rings is 1. The van der Waals surface area contributed by atoms with Crippen molar-refractivity contribution in [1.29, 1.82) is 0 Å². The van der Waals surface area contributed by atoms with E-state index in [0.29, 0.717) is 29.6 Å². The lowest BCUT2D eigenvalue weighted by molar-refractivity contribution is -0.119. The maximum absolute atomic E-state index is 11.3. The molecule has 0 aliphatic carbocycles. The second-order valence-electron chi connectivity index (χ2n) is 8.43. The summed E-state index contributed by atoms with van der Waals surface area (Å²) in [6, 6.07) is 15.3. The first-order valence-corrected chi connectivity index (χ1v) is 11.7. The van der Waals surface area contributed by atoms with E-state index in [1.165, 1.54) is 0 Å². The highest BCUT2D eigenvalue weighted by Gasteiger charge is 2.25. The van der Waals surface area contributed by atoms with E-state index >= 15 is 0 Å². The van der Waals surface area contributed by atoms with Gasteiger partial charge in [-0.15, -0.1) is 0 Å². The lowest BCUT2D eigenvalue weighted by atomic mass is 9.97. The van der Waals surface area contributed by atoms with Gasteiger partial charge in [0.15, 0.2) is 11.5 Å². The Bertz CT molecular complexity index is 1130. The quantitative estimate of drug-likeness (QED) is 0.496. The van der Waals surface area contributed by atoms with Crippen molar-refractivity contribution < 1.29 is 23.6 Å². The molecule has 2 amide bonds. The molecule has 3 aromatic rings. The summed E-state index contributed by atoms with van der Waals surface area (Å²) in [6.07, 6.45) is 4.26. The van der Waals surface area contributed by atoms with Crippen molar-refractivity contribution in [2.75, 3.05) is 38.8 Å². The Morgan fingerprint density at radius 3 is 2.37 bits per heavy atom. The van der Waals surface area contributed by atoms with Crippen LogP contribution >= 0.6 is 0 Å². The van der Waals surface area contributed by atoms with Crippen LogP contribution in [0.4, 0.5) is 5.69 Å². The molecule has 3 heterocycles. The first-order valence-electron chi connectivity index (χ1n) is 11.7. The number of likely N-dealkylation sites (tertiary alicyclic amines) is 1. The number of rotatable bonds is 6. The van der Waals surface area contributed by atoms with Gasteiger partial charge >= 0.3 is 0 Å². The molecule has 0 bridgehead atoms. The van der Waals surface area contributed by atoms with E-state index in [0.717, 1.165) is 56.6 Å². The highest BCUT2D eigenvalue weighted by Crippen LogP contribution is 2.33. The van der Waals surface area contributed by atoms with Gasteiger partial charge in [-0.2, -0.15) is 4.98 Å². The van der Waals surface area contributed by atoms with Crippen molar-refractivity contribution in [1.82, 2.24) is 15.0 Å². The van der Waals surface area contributed by atoms with Crippen LogP contribution in [0.3, 0.4) is 0 Å². The predicted octanol–water partition coefficient (Wildman–Crippen LogP) is 3.90. The zero-order valence-corrected chi connectivity index (χ0v) is 20.1. The number of anilines is 1. The van der Waals surface area contributed by atoms with E-state index in [-0.39, 0.29) is 11.8 Å². The van der Waals surface area contributed by atoms with Gasteiger partial charge in [0.05, 0.1) is 14.2 Å². The van der Waals surface area contributed by atoms with E-state index in [1.54, 1.807) is 19.1 Å². The molecule has 0 saturated carbocycles. The summed E-state index contributed by atoms with van der Waals surface area (Å²) in [7, 11) is 3.18. The Labute approximate surface area is 204 Å². The van der Waals surface area contributed by atoms with Crippen LogP contribution in [0.25, 0.3) is 11.4 Å². The van der Waals surface area contributed by atoms with Gasteiger partial charge in [0.2, 0.25) is 24.0 Å². The molecule has 5 rings (SSSR count). The molecule has 0 radical (unpaired) electrons. The number of aromatic nitrogens is 2. The fourth-order valence-corrected chi connectivity index (χ4v) is 4.27. The highest BCUT2D eigenvalue weighted by atomic mass is 16.5. The third-order valence-electron chi connectivity index (χ3n) is 6.25. The van der Waals surface area contributed by atoms with Crippen molar-refractivity contribution in [2.45, 2.75) is 31.6 Å². The lowest BCUT2D eigenvalue weighted by Crippen LogP contribution is -2.31. The number of carbonyl (C=O) groups excluding carboxylic acids is 2. The zero-order valence-electron chi connectivity index (χ0n) is 20.1. The summed E-state index contributed by atoms with van der Waals surface area (Å²) < 4.78 is 15.9. The minimum absolute atomic E-state index is 0.201. The Morgan fingerprint density at radius 2 is 1.74 bits per heavy atom. The largest absolute Gasteiger partial charge is 0.493 e. The monoisotopic (exact) mass is 478 g/mol. The summed E-state index contributed by atoms with van der Waals surface area (Å²) in [4.78, 5) is 30.2.